The van der Waals surface area contributed by atoms with E-state index >= 15 is 0 Å². The van der Waals surface area contributed by atoms with Crippen molar-refractivity contribution in [3.05, 3.63) is 47.3 Å². The van der Waals surface area contributed by atoms with Gasteiger partial charge >= 0.3 is 0 Å². The third-order valence-electron chi connectivity index (χ3n) is 3.29. The quantitative estimate of drug-likeness (QED) is 0.897. The maximum atomic E-state index is 10.3. The van der Waals surface area contributed by atoms with E-state index in [0.29, 0.717) is 6.42 Å². The summed E-state index contributed by atoms with van der Waals surface area (Å²) < 4.78 is 6.95. The molecule has 0 fully saturated rings. The largest absolute Gasteiger partial charge is 0.497 e. The number of nitrogens with zero attached hydrogens (tertiary/aromatic N) is 2. The monoisotopic (exact) mass is 260 g/mol. The maximum absolute atomic E-state index is 10.3. The van der Waals surface area contributed by atoms with E-state index in [4.69, 9.17) is 4.74 Å². The van der Waals surface area contributed by atoms with E-state index in [1.165, 1.54) is 0 Å². The fraction of sp³-hybridized carbons (Fsp3) is 0.400. The highest BCUT2D eigenvalue weighted by Gasteiger charge is 2.12. The van der Waals surface area contributed by atoms with Gasteiger partial charge < -0.3 is 9.84 Å². The predicted octanol–water partition coefficient (Wildman–Crippen LogP) is 2.27. The van der Waals surface area contributed by atoms with Crippen LogP contribution in [0.5, 0.6) is 5.75 Å². The Hall–Kier alpha value is -1.81. The second kappa shape index (κ2) is 5.89. The van der Waals surface area contributed by atoms with Crippen molar-refractivity contribution in [1.82, 2.24) is 9.78 Å². The first-order valence-electron chi connectivity index (χ1n) is 6.47. The molecule has 2 aromatic rings. The zero-order chi connectivity index (χ0) is 13.8. The molecule has 4 nitrogen and oxygen atoms in total. The summed E-state index contributed by atoms with van der Waals surface area (Å²) in [6.45, 7) is 2.08. The number of methoxy groups -OCH3 is 1. The molecule has 0 aliphatic rings. The minimum atomic E-state index is -0.522. The van der Waals surface area contributed by atoms with E-state index < -0.39 is 6.10 Å². The SMILES string of the molecule is CCc1cc(CC(O)c2ccc(OC)cc2)n(C)n1. The first-order valence-corrected chi connectivity index (χ1v) is 6.47. The van der Waals surface area contributed by atoms with Crippen LogP contribution in [0.4, 0.5) is 0 Å². The van der Waals surface area contributed by atoms with Crippen LogP contribution < -0.4 is 4.74 Å². The van der Waals surface area contributed by atoms with Crippen LogP contribution in [0, 0.1) is 0 Å². The standard InChI is InChI=1S/C15H20N2O2/c1-4-12-9-13(17(2)16-12)10-15(18)11-5-7-14(19-3)8-6-11/h5-9,15,18H,4,10H2,1-3H3. The summed E-state index contributed by atoms with van der Waals surface area (Å²) in [5, 5.41) is 14.7. The number of hydrogen-bond acceptors (Lipinski definition) is 3. The third-order valence-corrected chi connectivity index (χ3v) is 3.29. The van der Waals surface area contributed by atoms with Gasteiger partial charge in [0.15, 0.2) is 0 Å². The van der Waals surface area contributed by atoms with Crippen LogP contribution in [-0.2, 0) is 19.9 Å². The first kappa shape index (κ1) is 13.6. The van der Waals surface area contributed by atoms with Gasteiger partial charge in [-0.05, 0) is 30.2 Å². The second-order valence-electron chi connectivity index (χ2n) is 4.60. The van der Waals surface area contributed by atoms with Gasteiger partial charge in [0.2, 0.25) is 0 Å². The Kier molecular flexibility index (Phi) is 4.22. The highest BCUT2D eigenvalue weighted by atomic mass is 16.5. The maximum Gasteiger partial charge on any atom is 0.118 e. The van der Waals surface area contributed by atoms with E-state index in [2.05, 4.69) is 12.0 Å². The minimum absolute atomic E-state index is 0.522. The number of hydrogen-bond donors (Lipinski definition) is 1. The molecule has 0 radical (unpaired) electrons. The summed E-state index contributed by atoms with van der Waals surface area (Å²) in [4.78, 5) is 0. The van der Waals surface area contributed by atoms with Gasteiger partial charge in [0.25, 0.3) is 0 Å². The molecule has 102 valence electrons. The number of benzene rings is 1. The van der Waals surface area contributed by atoms with Gasteiger partial charge in [0, 0.05) is 19.2 Å². The van der Waals surface area contributed by atoms with E-state index in [9.17, 15) is 5.11 Å². The van der Waals surface area contributed by atoms with Crippen molar-refractivity contribution in [2.24, 2.45) is 7.05 Å². The fourth-order valence-electron chi connectivity index (χ4n) is 2.08. The highest BCUT2D eigenvalue weighted by molar-refractivity contribution is 5.29. The lowest BCUT2D eigenvalue weighted by Crippen LogP contribution is -2.06. The van der Waals surface area contributed by atoms with Crippen molar-refractivity contribution in [3.63, 3.8) is 0 Å². The van der Waals surface area contributed by atoms with Crippen molar-refractivity contribution < 1.29 is 9.84 Å². The van der Waals surface area contributed by atoms with Gasteiger partial charge in [0.1, 0.15) is 5.75 Å². The van der Waals surface area contributed by atoms with Crippen LogP contribution in [-0.4, -0.2) is 22.0 Å². The Labute approximate surface area is 113 Å². The molecule has 0 aliphatic heterocycles. The Morgan fingerprint density at radius 2 is 2.00 bits per heavy atom. The predicted molar refractivity (Wildman–Crippen MR) is 74.2 cm³/mol. The second-order valence-corrected chi connectivity index (χ2v) is 4.60. The lowest BCUT2D eigenvalue weighted by atomic mass is 10.0. The van der Waals surface area contributed by atoms with Crippen molar-refractivity contribution in [2.75, 3.05) is 7.11 Å². The molecular weight excluding hydrogens is 240 g/mol. The van der Waals surface area contributed by atoms with E-state index in [-0.39, 0.29) is 0 Å². The lowest BCUT2D eigenvalue weighted by Gasteiger charge is -2.11. The summed E-state index contributed by atoms with van der Waals surface area (Å²) in [6, 6.07) is 9.55. The van der Waals surface area contributed by atoms with Crippen molar-refractivity contribution in [1.29, 1.82) is 0 Å². The molecule has 1 atom stereocenters. The number of aryl methyl sites for hydroxylation is 2. The molecule has 19 heavy (non-hydrogen) atoms. The van der Waals surface area contributed by atoms with Gasteiger partial charge in [-0.25, -0.2) is 0 Å². The Morgan fingerprint density at radius 3 is 2.53 bits per heavy atom. The average Bonchev–Trinajstić information content (AvgIpc) is 2.79. The molecule has 0 saturated carbocycles. The summed E-state index contributed by atoms with van der Waals surface area (Å²) >= 11 is 0. The number of rotatable bonds is 5. The zero-order valence-electron chi connectivity index (χ0n) is 11.6. The molecule has 1 N–H and O–H groups in total. The Bertz CT molecular complexity index is 532. The van der Waals surface area contributed by atoms with Crippen LogP contribution >= 0.6 is 0 Å². The van der Waals surface area contributed by atoms with Gasteiger partial charge in [0.05, 0.1) is 18.9 Å². The summed E-state index contributed by atoms with van der Waals surface area (Å²) in [7, 11) is 3.54. The van der Waals surface area contributed by atoms with Gasteiger partial charge in [-0.3, -0.25) is 4.68 Å². The highest BCUT2D eigenvalue weighted by Crippen LogP contribution is 2.21. The van der Waals surface area contributed by atoms with Crippen LogP contribution in [0.3, 0.4) is 0 Å². The zero-order valence-corrected chi connectivity index (χ0v) is 11.6. The molecule has 1 unspecified atom stereocenters. The summed E-state index contributed by atoms with van der Waals surface area (Å²) in [5.41, 5.74) is 2.99. The van der Waals surface area contributed by atoms with Crippen molar-refractivity contribution >= 4 is 0 Å². The number of aliphatic hydroxyl groups excluding tert-OH is 1. The molecule has 0 saturated heterocycles. The summed E-state index contributed by atoms with van der Waals surface area (Å²) in [5.74, 6) is 0.796. The molecule has 4 heteroatoms. The van der Waals surface area contributed by atoms with Gasteiger partial charge in [-0.1, -0.05) is 19.1 Å². The Balaban J connectivity index is 2.10. The average molecular weight is 260 g/mol. The van der Waals surface area contributed by atoms with Crippen LogP contribution in [0.2, 0.25) is 0 Å². The van der Waals surface area contributed by atoms with Crippen LogP contribution in [0.25, 0.3) is 0 Å². The van der Waals surface area contributed by atoms with E-state index in [1.807, 2.05) is 42.1 Å². The molecule has 1 aromatic heterocycles. The smallest absolute Gasteiger partial charge is 0.118 e. The Morgan fingerprint density at radius 1 is 1.32 bits per heavy atom. The molecule has 1 heterocycles. The fourth-order valence-corrected chi connectivity index (χ4v) is 2.08. The van der Waals surface area contributed by atoms with E-state index in [1.54, 1.807) is 7.11 Å². The molecule has 0 spiro atoms. The number of aliphatic hydroxyl groups is 1. The summed E-state index contributed by atoms with van der Waals surface area (Å²) in [6.07, 6.45) is 0.952. The number of ether oxygens (including phenoxy) is 1. The van der Waals surface area contributed by atoms with E-state index in [0.717, 1.165) is 29.1 Å². The normalized spacial score (nSPS) is 12.4. The lowest BCUT2D eigenvalue weighted by molar-refractivity contribution is 0.175. The van der Waals surface area contributed by atoms with Gasteiger partial charge in [-0.2, -0.15) is 5.10 Å². The van der Waals surface area contributed by atoms with Crippen LogP contribution in [0.15, 0.2) is 30.3 Å². The number of aromatic nitrogens is 2. The van der Waals surface area contributed by atoms with Crippen molar-refractivity contribution in [2.45, 2.75) is 25.9 Å². The van der Waals surface area contributed by atoms with Crippen molar-refractivity contribution in [3.8, 4) is 5.75 Å². The molecule has 0 bridgehead atoms. The first-order chi connectivity index (χ1) is 9.13. The molecule has 0 aliphatic carbocycles. The van der Waals surface area contributed by atoms with Gasteiger partial charge in [-0.15, -0.1) is 0 Å². The molecular formula is C15H20N2O2. The minimum Gasteiger partial charge on any atom is -0.497 e. The van der Waals surface area contributed by atoms with Crippen LogP contribution in [0.1, 0.15) is 30.0 Å². The molecule has 1 aromatic carbocycles. The topological polar surface area (TPSA) is 47.3 Å². The molecule has 0 amide bonds. The third kappa shape index (κ3) is 3.15. The molecule has 2 rings (SSSR count).